The first-order chi connectivity index (χ1) is 29.6. The fourth-order valence-electron chi connectivity index (χ4n) is 7.01. The van der Waals surface area contributed by atoms with Crippen LogP contribution in [-0.2, 0) is 28.6 Å². The highest BCUT2D eigenvalue weighted by Crippen LogP contribution is 2.16. The Morgan fingerprint density at radius 3 is 1.36 bits per heavy atom. The van der Waals surface area contributed by atoms with Gasteiger partial charge in [0.05, 0.1) is 34.4 Å². The van der Waals surface area contributed by atoms with Gasteiger partial charge >= 0.3 is 17.9 Å². The molecule has 2 atom stereocenters. The maximum absolute atomic E-state index is 12.8. The van der Waals surface area contributed by atoms with Gasteiger partial charge in [-0.2, -0.15) is 0 Å². The lowest BCUT2D eigenvalue weighted by atomic mass is 10.0. The summed E-state index contributed by atoms with van der Waals surface area (Å²) in [4.78, 5) is 37.1. The maximum atomic E-state index is 12.8. The number of allylic oxidation sites excluding steroid dienone is 12. The highest BCUT2D eigenvalue weighted by atomic mass is 16.6. The van der Waals surface area contributed by atoms with E-state index >= 15 is 0 Å². The summed E-state index contributed by atoms with van der Waals surface area (Å²) in [5.41, 5.74) is 0. The molecule has 0 saturated carbocycles. The molecule has 2 unspecified atom stereocenters. The van der Waals surface area contributed by atoms with Gasteiger partial charge in [0, 0.05) is 19.3 Å². The van der Waals surface area contributed by atoms with Crippen molar-refractivity contribution in [1.82, 2.24) is 0 Å². The number of ether oxygens (including phenoxy) is 3. The van der Waals surface area contributed by atoms with E-state index in [1.807, 2.05) is 81.9 Å². The standard InChI is InChI=1S/C53H91NO7/c1-6-8-10-12-14-16-18-20-22-24-25-26-28-30-32-34-36-38-40-42-44-52(56)61-49(47-59-46-45-50(53(57)58)54(3,4)5)48-60-51(55)43-41-39-37-35-33-31-29-27-23-21-19-17-15-13-11-9-7-2/h9,11,13,15,17,19,21,23,27,29,31,33,49-50H,6-8,10,12,14,16,18,20,22,24-26,28,30,32,34-48H2,1-5H3/p+1/b11-9+,15-13+,19-17+,23-21+,29-27+,33-31+. The number of carbonyl (C=O) groups excluding carboxylic acids is 2. The van der Waals surface area contributed by atoms with E-state index in [2.05, 4.69) is 26.0 Å². The third kappa shape index (κ3) is 41.9. The Bertz CT molecular complexity index is 1230. The minimum atomic E-state index is -0.882. The molecule has 0 fully saturated rings. The molecule has 0 saturated heterocycles. The van der Waals surface area contributed by atoms with Gasteiger partial charge in [0.15, 0.2) is 12.1 Å². The molecule has 0 aromatic carbocycles. The normalized spacial score (nSPS) is 13.5. The third-order valence-electron chi connectivity index (χ3n) is 10.8. The summed E-state index contributed by atoms with van der Waals surface area (Å²) in [7, 11) is 5.51. The Hall–Kier alpha value is -3.23. The van der Waals surface area contributed by atoms with Crippen molar-refractivity contribution in [3.05, 3.63) is 72.9 Å². The summed E-state index contributed by atoms with van der Waals surface area (Å²) in [6, 6.07) is -0.624. The Morgan fingerprint density at radius 1 is 0.508 bits per heavy atom. The van der Waals surface area contributed by atoms with Crippen LogP contribution < -0.4 is 0 Å². The molecule has 0 spiro atoms. The van der Waals surface area contributed by atoms with Crippen molar-refractivity contribution in [2.75, 3.05) is 41.0 Å². The number of carboxylic acids is 1. The van der Waals surface area contributed by atoms with Crippen molar-refractivity contribution in [3.8, 4) is 0 Å². The molecule has 0 amide bonds. The zero-order valence-corrected chi connectivity index (χ0v) is 39.8. The van der Waals surface area contributed by atoms with Crippen molar-refractivity contribution < 1.29 is 38.2 Å². The van der Waals surface area contributed by atoms with Crippen LogP contribution in [0.4, 0.5) is 0 Å². The average molecular weight is 855 g/mol. The molecule has 0 heterocycles. The highest BCUT2D eigenvalue weighted by Gasteiger charge is 2.31. The second-order valence-corrected chi connectivity index (χ2v) is 17.5. The summed E-state index contributed by atoms with van der Waals surface area (Å²) < 4.78 is 17.3. The van der Waals surface area contributed by atoms with Crippen LogP contribution in [0.25, 0.3) is 0 Å². The van der Waals surface area contributed by atoms with Gasteiger partial charge in [-0.25, -0.2) is 4.79 Å². The number of unbranched alkanes of at least 4 members (excludes halogenated alkanes) is 22. The van der Waals surface area contributed by atoms with E-state index in [1.165, 1.54) is 109 Å². The van der Waals surface area contributed by atoms with Crippen LogP contribution in [0.1, 0.15) is 194 Å². The van der Waals surface area contributed by atoms with Crippen molar-refractivity contribution in [2.45, 2.75) is 206 Å². The van der Waals surface area contributed by atoms with Gasteiger partial charge in [-0.3, -0.25) is 9.59 Å². The molecule has 1 N–H and O–H groups in total. The van der Waals surface area contributed by atoms with Crippen molar-refractivity contribution in [3.63, 3.8) is 0 Å². The predicted octanol–water partition coefficient (Wildman–Crippen LogP) is 13.9. The molecule has 61 heavy (non-hydrogen) atoms. The van der Waals surface area contributed by atoms with E-state index in [0.29, 0.717) is 19.3 Å². The van der Waals surface area contributed by atoms with Crippen LogP contribution in [-0.4, -0.2) is 80.6 Å². The fraction of sp³-hybridized carbons (Fsp3) is 0.717. The molecular weight excluding hydrogens is 763 g/mol. The quantitative estimate of drug-likeness (QED) is 0.0282. The molecule has 0 aliphatic heterocycles. The zero-order valence-electron chi connectivity index (χ0n) is 39.8. The van der Waals surface area contributed by atoms with Gasteiger partial charge in [-0.1, -0.05) is 215 Å². The first kappa shape index (κ1) is 57.8. The number of hydrogen-bond donors (Lipinski definition) is 1. The summed E-state index contributed by atoms with van der Waals surface area (Å²) in [5, 5.41) is 9.64. The summed E-state index contributed by atoms with van der Waals surface area (Å²) >= 11 is 0. The van der Waals surface area contributed by atoms with Crippen LogP contribution in [0.2, 0.25) is 0 Å². The SMILES string of the molecule is CC/C=C/C=C/C=C/C=C/C=C/C=C/CCCCCC(=O)OCC(COCCC(C(=O)O)[N+](C)(C)C)OC(=O)CCCCCCCCCCCCCCCCCCCCCC. The summed E-state index contributed by atoms with van der Waals surface area (Å²) in [6.45, 7) is 4.56. The molecule has 0 rings (SSSR count). The number of hydrogen-bond acceptors (Lipinski definition) is 6. The number of aliphatic carboxylic acids is 1. The zero-order chi connectivity index (χ0) is 44.9. The van der Waals surface area contributed by atoms with Crippen molar-refractivity contribution in [1.29, 1.82) is 0 Å². The number of nitrogens with zero attached hydrogens (tertiary/aromatic N) is 1. The topological polar surface area (TPSA) is 99.1 Å². The Kier molecular flexibility index (Phi) is 41.1. The molecule has 8 nitrogen and oxygen atoms in total. The second kappa shape index (κ2) is 43.4. The lowest BCUT2D eigenvalue weighted by Crippen LogP contribution is -2.50. The van der Waals surface area contributed by atoms with E-state index in [9.17, 15) is 19.5 Å². The molecule has 0 bridgehead atoms. The van der Waals surface area contributed by atoms with E-state index in [0.717, 1.165) is 51.4 Å². The van der Waals surface area contributed by atoms with E-state index in [1.54, 1.807) is 0 Å². The number of esters is 2. The summed E-state index contributed by atoms with van der Waals surface area (Å²) in [6.07, 6.45) is 55.2. The van der Waals surface area contributed by atoms with Crippen LogP contribution in [0.15, 0.2) is 72.9 Å². The molecule has 8 heteroatoms. The maximum Gasteiger partial charge on any atom is 0.362 e. The molecule has 0 aromatic heterocycles. The molecule has 350 valence electrons. The molecule has 0 aromatic rings. The minimum Gasteiger partial charge on any atom is -0.477 e. The van der Waals surface area contributed by atoms with Crippen LogP contribution in [0.3, 0.4) is 0 Å². The lowest BCUT2D eigenvalue weighted by Gasteiger charge is -2.31. The van der Waals surface area contributed by atoms with Crippen LogP contribution >= 0.6 is 0 Å². The third-order valence-corrected chi connectivity index (χ3v) is 10.8. The highest BCUT2D eigenvalue weighted by molar-refractivity contribution is 5.72. The van der Waals surface area contributed by atoms with Gasteiger partial charge in [0.1, 0.15) is 6.61 Å². The van der Waals surface area contributed by atoms with Gasteiger partial charge in [0.25, 0.3) is 0 Å². The lowest BCUT2D eigenvalue weighted by molar-refractivity contribution is -0.887. The van der Waals surface area contributed by atoms with Gasteiger partial charge < -0.3 is 23.8 Å². The molecule has 0 aliphatic rings. The minimum absolute atomic E-state index is 0.0450. The van der Waals surface area contributed by atoms with Crippen molar-refractivity contribution in [2.24, 2.45) is 0 Å². The van der Waals surface area contributed by atoms with Crippen molar-refractivity contribution >= 4 is 17.9 Å². The largest absolute Gasteiger partial charge is 0.477 e. The van der Waals surface area contributed by atoms with Crippen LogP contribution in [0.5, 0.6) is 0 Å². The monoisotopic (exact) mass is 855 g/mol. The predicted molar refractivity (Wildman–Crippen MR) is 257 cm³/mol. The number of likely N-dealkylation sites (N-methyl/N-ethyl adjacent to an activating group) is 1. The molecule has 0 aliphatic carbocycles. The molecule has 0 radical (unpaired) electrons. The second-order valence-electron chi connectivity index (χ2n) is 17.5. The van der Waals surface area contributed by atoms with Gasteiger partial charge in [0.2, 0.25) is 0 Å². The van der Waals surface area contributed by atoms with Gasteiger partial charge in [-0.05, 0) is 32.1 Å². The van der Waals surface area contributed by atoms with Gasteiger partial charge in [-0.15, -0.1) is 0 Å². The Morgan fingerprint density at radius 2 is 0.918 bits per heavy atom. The van der Waals surface area contributed by atoms with E-state index < -0.39 is 18.1 Å². The van der Waals surface area contributed by atoms with E-state index in [4.69, 9.17) is 14.2 Å². The summed E-state index contributed by atoms with van der Waals surface area (Å²) in [5.74, 6) is -1.52. The number of carboxylic acid groups (broad SMARTS) is 1. The average Bonchev–Trinajstić information content (AvgIpc) is 3.22. The Balaban J connectivity index is 4.34. The number of rotatable bonds is 43. The number of carbonyl (C=O) groups is 3. The molecular formula is C53H92NO7+. The van der Waals surface area contributed by atoms with E-state index in [-0.39, 0.29) is 36.2 Å². The first-order valence-electron chi connectivity index (χ1n) is 24.6. The Labute approximate surface area is 374 Å². The first-order valence-corrected chi connectivity index (χ1v) is 24.6. The number of quaternary nitrogens is 1. The van der Waals surface area contributed by atoms with Crippen LogP contribution in [0, 0.1) is 0 Å². The smallest absolute Gasteiger partial charge is 0.362 e. The fourth-order valence-corrected chi connectivity index (χ4v) is 7.01.